The number of amides is 1. The smallest absolute Gasteiger partial charge is 0.420 e. The number of rotatable bonds is 5. The number of phenols is 1. The fourth-order valence-electron chi connectivity index (χ4n) is 1.60. The molecule has 0 fully saturated rings. The lowest BCUT2D eigenvalue weighted by molar-refractivity contribution is -0.139. The van der Waals surface area contributed by atoms with Crippen LogP contribution in [0.25, 0.3) is 0 Å². The minimum atomic E-state index is -5.12. The van der Waals surface area contributed by atoms with Gasteiger partial charge in [0.1, 0.15) is 35.4 Å². The summed E-state index contributed by atoms with van der Waals surface area (Å²) in [6.07, 6.45) is -9.05. The van der Waals surface area contributed by atoms with Gasteiger partial charge in [-0.1, -0.05) is 0 Å². The van der Waals surface area contributed by atoms with E-state index in [-0.39, 0.29) is 6.07 Å². The van der Waals surface area contributed by atoms with E-state index in [0.29, 0.717) is 6.07 Å². The molecule has 0 aliphatic carbocycles. The number of aliphatic hydroxyl groups excluding tert-OH is 2. The fourth-order valence-corrected chi connectivity index (χ4v) is 1.60. The molecule has 3 N–H and O–H groups in total. The number of nitrogens with zero attached hydrogens (tertiary/aromatic N) is 1. The molecule has 133 valence electrons. The SMILES string of the molecule is C[N]C(=O)C(O)C(O)COC(=O)c1cc(F)cc(C(F)(F)F)c1O. The second-order valence-corrected chi connectivity index (χ2v) is 4.52. The zero-order chi connectivity index (χ0) is 18.7. The highest BCUT2D eigenvalue weighted by Crippen LogP contribution is 2.38. The first-order valence-electron chi connectivity index (χ1n) is 6.25. The molecule has 24 heavy (non-hydrogen) atoms. The van der Waals surface area contributed by atoms with Crippen molar-refractivity contribution in [3.8, 4) is 5.75 Å². The van der Waals surface area contributed by atoms with Crippen LogP contribution >= 0.6 is 0 Å². The first-order chi connectivity index (χ1) is 11.0. The predicted octanol–water partition coefficient (Wildman–Crippen LogP) is 0.189. The maximum absolute atomic E-state index is 13.2. The van der Waals surface area contributed by atoms with E-state index in [1.165, 1.54) is 0 Å². The minimum absolute atomic E-state index is 0.00780. The van der Waals surface area contributed by atoms with Crippen LogP contribution in [-0.4, -0.2) is 53.1 Å². The van der Waals surface area contributed by atoms with E-state index in [9.17, 15) is 42.5 Å². The van der Waals surface area contributed by atoms with Crippen molar-refractivity contribution in [2.45, 2.75) is 18.4 Å². The molecule has 0 bridgehead atoms. The lowest BCUT2D eigenvalue weighted by Gasteiger charge is -2.16. The summed E-state index contributed by atoms with van der Waals surface area (Å²) in [6.45, 7) is -1.00. The van der Waals surface area contributed by atoms with Gasteiger partial charge in [0, 0.05) is 7.05 Å². The zero-order valence-electron chi connectivity index (χ0n) is 12.0. The number of benzene rings is 1. The molecule has 0 aliphatic heterocycles. The number of hydrogen-bond donors (Lipinski definition) is 3. The van der Waals surface area contributed by atoms with Gasteiger partial charge < -0.3 is 20.1 Å². The number of aliphatic hydroxyl groups is 2. The van der Waals surface area contributed by atoms with E-state index in [1.54, 1.807) is 0 Å². The summed E-state index contributed by atoms with van der Waals surface area (Å²) >= 11 is 0. The first kappa shape index (κ1) is 19.6. The standard InChI is InChI=1S/C13H12F4NO6/c1-18-11(22)10(21)8(19)4-24-12(23)6-2-5(14)3-7(9(6)20)13(15,16)17/h2-3,8,10,19-21H,4H2,1H3. The van der Waals surface area contributed by atoms with E-state index < -0.39 is 59.6 Å². The van der Waals surface area contributed by atoms with Crippen molar-refractivity contribution in [3.05, 3.63) is 29.1 Å². The summed E-state index contributed by atoms with van der Waals surface area (Å²) in [4.78, 5) is 22.6. The number of alkyl halides is 3. The van der Waals surface area contributed by atoms with Crippen LogP contribution in [0.15, 0.2) is 12.1 Å². The van der Waals surface area contributed by atoms with Crippen LogP contribution in [0.1, 0.15) is 15.9 Å². The van der Waals surface area contributed by atoms with E-state index in [4.69, 9.17) is 0 Å². The molecule has 1 aromatic carbocycles. The van der Waals surface area contributed by atoms with Gasteiger partial charge in [-0.2, -0.15) is 13.2 Å². The Labute approximate surface area is 132 Å². The third-order valence-corrected chi connectivity index (χ3v) is 2.82. The third-order valence-electron chi connectivity index (χ3n) is 2.82. The van der Waals surface area contributed by atoms with Crippen LogP contribution in [-0.2, 0) is 15.7 Å². The maximum atomic E-state index is 13.2. The van der Waals surface area contributed by atoms with Gasteiger partial charge in [-0.25, -0.2) is 9.18 Å². The van der Waals surface area contributed by atoms with E-state index >= 15 is 0 Å². The number of phenolic OH excluding ortho intramolecular Hbond substituents is 1. The number of likely N-dealkylation sites (N-methyl/N-ethyl adjacent to an activating group) is 1. The average Bonchev–Trinajstić information content (AvgIpc) is 2.51. The van der Waals surface area contributed by atoms with Gasteiger partial charge in [0.25, 0.3) is 5.91 Å². The highest BCUT2D eigenvalue weighted by atomic mass is 19.4. The Morgan fingerprint density at radius 1 is 1.29 bits per heavy atom. The Morgan fingerprint density at radius 2 is 1.88 bits per heavy atom. The molecule has 0 heterocycles. The molecule has 1 amide bonds. The summed E-state index contributed by atoms with van der Waals surface area (Å²) in [5.41, 5.74) is -2.91. The summed E-state index contributed by atoms with van der Waals surface area (Å²) in [6, 6.07) is 0.300. The lowest BCUT2D eigenvalue weighted by atomic mass is 10.1. The number of hydrogen-bond acceptors (Lipinski definition) is 6. The summed E-state index contributed by atoms with van der Waals surface area (Å²) < 4.78 is 55.4. The van der Waals surface area contributed by atoms with Crippen LogP contribution in [0, 0.1) is 5.82 Å². The second-order valence-electron chi connectivity index (χ2n) is 4.52. The van der Waals surface area contributed by atoms with Gasteiger partial charge in [-0.15, -0.1) is 0 Å². The Balaban J connectivity index is 2.93. The molecule has 0 aliphatic rings. The van der Waals surface area contributed by atoms with Gasteiger partial charge in [0.05, 0.1) is 0 Å². The highest BCUT2D eigenvalue weighted by molar-refractivity contribution is 5.93. The molecule has 1 rings (SSSR count). The molecule has 7 nitrogen and oxygen atoms in total. The Bertz CT molecular complexity index is 634. The quantitative estimate of drug-likeness (QED) is 0.513. The van der Waals surface area contributed by atoms with E-state index in [1.807, 2.05) is 0 Å². The van der Waals surface area contributed by atoms with Crippen molar-refractivity contribution in [1.29, 1.82) is 0 Å². The van der Waals surface area contributed by atoms with Crippen LogP contribution in [0.4, 0.5) is 17.6 Å². The number of aromatic hydroxyl groups is 1. The summed E-state index contributed by atoms with van der Waals surface area (Å²) in [5, 5.41) is 31.2. The molecule has 1 radical (unpaired) electrons. The molecule has 0 saturated heterocycles. The van der Waals surface area contributed by atoms with E-state index in [2.05, 4.69) is 10.1 Å². The summed E-state index contributed by atoms with van der Waals surface area (Å²) in [5.74, 6) is -5.72. The van der Waals surface area contributed by atoms with Crippen LogP contribution in [0.5, 0.6) is 5.75 Å². The van der Waals surface area contributed by atoms with Crippen molar-refractivity contribution in [2.24, 2.45) is 0 Å². The zero-order valence-corrected chi connectivity index (χ0v) is 12.0. The number of halogens is 4. The van der Waals surface area contributed by atoms with Crippen LogP contribution in [0.3, 0.4) is 0 Å². The largest absolute Gasteiger partial charge is 0.506 e. The molecular weight excluding hydrogens is 342 g/mol. The highest BCUT2D eigenvalue weighted by Gasteiger charge is 2.37. The Hall–Kier alpha value is -2.40. The van der Waals surface area contributed by atoms with Crippen molar-refractivity contribution in [1.82, 2.24) is 5.32 Å². The average molecular weight is 354 g/mol. The van der Waals surface area contributed by atoms with Crippen molar-refractivity contribution >= 4 is 11.9 Å². The monoisotopic (exact) mass is 354 g/mol. The molecule has 0 saturated carbocycles. The van der Waals surface area contributed by atoms with Gasteiger partial charge in [-0.3, -0.25) is 10.1 Å². The van der Waals surface area contributed by atoms with Gasteiger partial charge in [0.2, 0.25) is 0 Å². The topological polar surface area (TPSA) is 118 Å². The fraction of sp³-hybridized carbons (Fsp3) is 0.385. The number of esters is 1. The molecule has 1 aromatic rings. The van der Waals surface area contributed by atoms with E-state index in [0.717, 1.165) is 7.05 Å². The molecule has 2 atom stereocenters. The van der Waals surface area contributed by atoms with Crippen LogP contribution < -0.4 is 5.32 Å². The first-order valence-corrected chi connectivity index (χ1v) is 6.25. The maximum Gasteiger partial charge on any atom is 0.420 e. The number of carbonyl (C=O) groups is 2. The molecule has 0 aromatic heterocycles. The Morgan fingerprint density at radius 3 is 2.38 bits per heavy atom. The number of carbonyl (C=O) groups excluding carboxylic acids is 2. The number of ether oxygens (including phenoxy) is 1. The van der Waals surface area contributed by atoms with Crippen molar-refractivity contribution in [2.75, 3.05) is 13.7 Å². The Kier molecular flexibility index (Phi) is 6.10. The van der Waals surface area contributed by atoms with Crippen molar-refractivity contribution < 1.29 is 47.2 Å². The molecule has 2 unspecified atom stereocenters. The third kappa shape index (κ3) is 4.55. The van der Waals surface area contributed by atoms with Gasteiger partial charge in [-0.05, 0) is 12.1 Å². The molecular formula is C13H12F4NO6. The summed E-state index contributed by atoms with van der Waals surface area (Å²) in [7, 11) is 1.04. The minimum Gasteiger partial charge on any atom is -0.506 e. The van der Waals surface area contributed by atoms with Crippen molar-refractivity contribution in [3.63, 3.8) is 0 Å². The lowest BCUT2D eigenvalue weighted by Crippen LogP contribution is -2.40. The molecule has 11 heteroatoms. The van der Waals surface area contributed by atoms with Crippen LogP contribution in [0.2, 0.25) is 0 Å². The van der Waals surface area contributed by atoms with Gasteiger partial charge in [0.15, 0.2) is 6.10 Å². The molecule has 0 spiro atoms. The predicted molar refractivity (Wildman–Crippen MR) is 68.4 cm³/mol. The van der Waals surface area contributed by atoms with Gasteiger partial charge >= 0.3 is 12.1 Å². The second kappa shape index (κ2) is 7.45. The normalized spacial score (nSPS) is 14.0.